The summed E-state index contributed by atoms with van der Waals surface area (Å²) < 4.78 is 0. The van der Waals surface area contributed by atoms with Crippen molar-refractivity contribution in [1.29, 1.82) is 0 Å². The van der Waals surface area contributed by atoms with E-state index in [9.17, 15) is 0 Å². The second kappa shape index (κ2) is 31.4. The molecule has 4 N–H and O–H groups in total. The van der Waals surface area contributed by atoms with Gasteiger partial charge < -0.3 is 15.7 Å². The molecule has 0 saturated heterocycles. The lowest BCUT2D eigenvalue weighted by Crippen LogP contribution is -1.90. The number of alkyl halides is 2. The Kier molecular flexibility index (Phi) is 64.3. The lowest BCUT2D eigenvalue weighted by molar-refractivity contribution is 0.248. The Balaban J connectivity index is -0.0000000360. The summed E-state index contributed by atoms with van der Waals surface area (Å²) in [7, 11) is 1.00. The molecule has 0 aliphatic carbocycles. The summed E-state index contributed by atoms with van der Waals surface area (Å²) in [6.07, 6.45) is 0. The largest absolute Gasteiger partial charge is 0.412 e. The van der Waals surface area contributed by atoms with Crippen LogP contribution in [0, 0.1) is 5.92 Å². The molecule has 0 aliphatic rings. The molecule has 0 unspecified atom stereocenters. The molecule has 0 aromatic rings. The van der Waals surface area contributed by atoms with Gasteiger partial charge in [0.25, 0.3) is 0 Å². The van der Waals surface area contributed by atoms with E-state index < -0.39 is 0 Å². The van der Waals surface area contributed by atoms with Gasteiger partial charge in [0, 0.05) is 13.7 Å². The minimum atomic E-state index is 0. The van der Waals surface area contributed by atoms with E-state index in [-0.39, 0.29) is 10.8 Å². The Morgan fingerprint density at radius 3 is 1.27 bits per heavy atom. The first kappa shape index (κ1) is 22.5. The smallest absolute Gasteiger partial charge is 0.0967 e. The maximum atomic E-state index is 8.14. The Hall–Kier alpha value is 0.460. The molecule has 0 spiro atoms. The van der Waals surface area contributed by atoms with Crippen LogP contribution in [0.4, 0.5) is 0 Å². The minimum Gasteiger partial charge on any atom is -0.412 e. The van der Waals surface area contributed by atoms with E-state index in [0.29, 0.717) is 12.5 Å². The molecule has 0 atom stereocenters. The highest BCUT2D eigenvalue weighted by molar-refractivity contribution is 6.40. The second-order valence-electron chi connectivity index (χ2n) is 1.68. The molecule has 74 valence electrons. The quantitative estimate of drug-likeness (QED) is 0.628. The summed E-state index contributed by atoms with van der Waals surface area (Å²) in [5.74, 6) is 0.440. The summed E-state index contributed by atoms with van der Waals surface area (Å²) in [6.45, 7) is 4.25. The van der Waals surface area contributed by atoms with Crippen molar-refractivity contribution < 1.29 is 15.7 Å². The van der Waals surface area contributed by atoms with E-state index in [1.54, 1.807) is 0 Å². The number of rotatable bonds is 1. The molecule has 5 heteroatoms. The summed E-state index contributed by atoms with van der Waals surface area (Å²) in [5.41, 5.74) is 0. The molecule has 0 saturated carbocycles. The van der Waals surface area contributed by atoms with Gasteiger partial charge in [-0.15, -0.1) is 23.2 Å². The van der Waals surface area contributed by atoms with Gasteiger partial charge in [0.15, 0.2) is 0 Å². The number of aliphatic hydroxyl groups excluding tert-OH is 2. The zero-order valence-electron chi connectivity index (χ0n) is 7.14. The van der Waals surface area contributed by atoms with E-state index in [1.807, 2.05) is 13.8 Å². The number of aliphatic hydroxyl groups is 2. The van der Waals surface area contributed by atoms with Gasteiger partial charge >= 0.3 is 0 Å². The van der Waals surface area contributed by atoms with Crippen molar-refractivity contribution in [2.45, 2.75) is 13.8 Å². The number of halogens is 2. The minimum absolute atomic E-state index is 0. The van der Waals surface area contributed by atoms with Crippen LogP contribution in [-0.2, 0) is 0 Å². The maximum Gasteiger partial charge on any atom is 0.0967 e. The Morgan fingerprint density at radius 2 is 1.27 bits per heavy atom. The van der Waals surface area contributed by atoms with Crippen LogP contribution in [0.2, 0.25) is 0 Å². The molecule has 0 aliphatic heterocycles. The second-order valence-corrected chi connectivity index (χ2v) is 2.49. The van der Waals surface area contributed by atoms with Crippen molar-refractivity contribution in [2.75, 3.05) is 19.1 Å². The third-order valence-corrected chi connectivity index (χ3v) is 0.365. The normalized spacial score (nSPS) is 6.55. The fraction of sp³-hybridized carbons (Fsp3) is 1.00. The third-order valence-electron chi connectivity index (χ3n) is 0.365. The first-order chi connectivity index (χ1) is 4.68. The Bertz CT molecular complexity index is 37.0. The predicted molar refractivity (Wildman–Crippen MR) is 50.3 cm³/mol. The molecule has 3 nitrogen and oxygen atoms in total. The van der Waals surface area contributed by atoms with Crippen molar-refractivity contribution >= 4 is 23.2 Å². The fourth-order valence-electron chi connectivity index (χ4n) is 0. The molecular formula is C6H18Cl2O3. The van der Waals surface area contributed by atoms with Gasteiger partial charge in [0.1, 0.15) is 0 Å². The van der Waals surface area contributed by atoms with Gasteiger partial charge in [0.05, 0.1) is 5.34 Å². The van der Waals surface area contributed by atoms with E-state index >= 15 is 0 Å². The number of hydrogen-bond donors (Lipinski definition) is 2. The zero-order chi connectivity index (χ0) is 8.99. The van der Waals surface area contributed by atoms with Crippen molar-refractivity contribution in [3.63, 3.8) is 0 Å². The van der Waals surface area contributed by atoms with E-state index in [2.05, 4.69) is 0 Å². The molecule has 0 rings (SSSR count). The summed E-state index contributed by atoms with van der Waals surface area (Å²) in [5, 5.41) is 15.3. The van der Waals surface area contributed by atoms with Crippen LogP contribution in [0.3, 0.4) is 0 Å². The molecule has 0 amide bonds. The third kappa shape index (κ3) is 124. The van der Waals surface area contributed by atoms with Crippen LogP contribution >= 0.6 is 23.2 Å². The van der Waals surface area contributed by atoms with Gasteiger partial charge in [-0.05, 0) is 5.92 Å². The highest BCUT2D eigenvalue weighted by atomic mass is 35.5. The predicted octanol–water partition coefficient (Wildman–Crippen LogP) is 0.840. The summed E-state index contributed by atoms with van der Waals surface area (Å²) in [6, 6.07) is 0. The molecule has 11 heavy (non-hydrogen) atoms. The van der Waals surface area contributed by atoms with E-state index in [4.69, 9.17) is 33.4 Å². The van der Waals surface area contributed by atoms with Crippen molar-refractivity contribution in [2.24, 2.45) is 5.92 Å². The molecule has 0 heterocycles. The molecule has 0 aromatic carbocycles. The summed E-state index contributed by atoms with van der Waals surface area (Å²) >= 11 is 9.53. The Morgan fingerprint density at radius 1 is 1.18 bits per heavy atom. The van der Waals surface area contributed by atoms with Gasteiger partial charge in [-0.3, -0.25) is 0 Å². The zero-order valence-corrected chi connectivity index (χ0v) is 8.65. The van der Waals surface area contributed by atoms with Crippen LogP contribution in [0.5, 0.6) is 0 Å². The monoisotopic (exact) mass is 208 g/mol. The van der Waals surface area contributed by atoms with Gasteiger partial charge in [-0.2, -0.15) is 0 Å². The van der Waals surface area contributed by atoms with Crippen LogP contribution in [0.25, 0.3) is 0 Å². The molecule has 0 radical (unpaired) electrons. The van der Waals surface area contributed by atoms with E-state index in [0.717, 1.165) is 7.11 Å². The lowest BCUT2D eigenvalue weighted by Gasteiger charge is -1.90. The molecular weight excluding hydrogens is 191 g/mol. The average Bonchev–Trinajstić information content (AvgIpc) is 1.94. The fourth-order valence-corrected chi connectivity index (χ4v) is 0. The van der Waals surface area contributed by atoms with Crippen molar-refractivity contribution in [3.8, 4) is 0 Å². The van der Waals surface area contributed by atoms with Crippen LogP contribution in [0.15, 0.2) is 0 Å². The van der Waals surface area contributed by atoms with Gasteiger partial charge in [-0.1, -0.05) is 13.8 Å². The topological polar surface area (TPSA) is 72.0 Å². The van der Waals surface area contributed by atoms with Gasteiger partial charge in [-0.25, -0.2) is 0 Å². The Labute approximate surface area is 78.3 Å². The van der Waals surface area contributed by atoms with E-state index in [1.165, 1.54) is 0 Å². The highest BCUT2D eigenvalue weighted by Crippen LogP contribution is 1.83. The standard InChI is InChI=1S/C4H10O.CH2Cl2.CH4O.H2O/c1-4(2)3-5;2-1-3;1-2;/h4-5H,3H2,1-2H3;1H2;2H,1H3;1H2. The average molecular weight is 209 g/mol. The lowest BCUT2D eigenvalue weighted by atomic mass is 10.2. The van der Waals surface area contributed by atoms with Crippen molar-refractivity contribution in [3.05, 3.63) is 0 Å². The van der Waals surface area contributed by atoms with Crippen LogP contribution in [-0.4, -0.2) is 34.7 Å². The highest BCUT2D eigenvalue weighted by Gasteiger charge is 1.81. The number of hydrogen-bond acceptors (Lipinski definition) is 2. The van der Waals surface area contributed by atoms with Crippen LogP contribution < -0.4 is 0 Å². The van der Waals surface area contributed by atoms with Crippen molar-refractivity contribution in [1.82, 2.24) is 0 Å². The molecule has 0 bridgehead atoms. The summed E-state index contributed by atoms with van der Waals surface area (Å²) in [4.78, 5) is 0. The molecule has 0 aromatic heterocycles. The first-order valence-electron chi connectivity index (χ1n) is 2.86. The molecule has 0 fully saturated rings. The van der Waals surface area contributed by atoms with Gasteiger partial charge in [0.2, 0.25) is 0 Å². The SMILES string of the molecule is CC(C)CO.CO.ClCCl.O. The van der Waals surface area contributed by atoms with Crippen LogP contribution in [0.1, 0.15) is 13.8 Å². The maximum absolute atomic E-state index is 8.14. The first-order valence-corrected chi connectivity index (χ1v) is 3.93.